The summed E-state index contributed by atoms with van der Waals surface area (Å²) in [4.78, 5) is 11.6. The first-order chi connectivity index (χ1) is 8.87. The first-order valence-corrected chi connectivity index (χ1v) is 7.75. The average Bonchev–Trinajstić information content (AvgIpc) is 2.99. The Bertz CT molecular complexity index is 560. The Labute approximate surface area is 112 Å². The van der Waals surface area contributed by atoms with Crippen molar-refractivity contribution in [1.82, 2.24) is 15.1 Å². The summed E-state index contributed by atoms with van der Waals surface area (Å²) in [7, 11) is -3.38. The van der Waals surface area contributed by atoms with E-state index in [0.29, 0.717) is 11.7 Å². The third kappa shape index (κ3) is 3.95. The van der Waals surface area contributed by atoms with Gasteiger partial charge in [0, 0.05) is 12.2 Å². The zero-order chi connectivity index (χ0) is 14.0. The molecule has 0 bridgehead atoms. The van der Waals surface area contributed by atoms with Gasteiger partial charge in [-0.15, -0.1) is 0 Å². The minimum atomic E-state index is -3.38. The molecule has 0 radical (unpaired) electrons. The number of carbonyl (C=O) groups is 1. The molecule has 19 heavy (non-hydrogen) atoms. The average molecular weight is 286 g/mol. The van der Waals surface area contributed by atoms with E-state index in [4.69, 9.17) is 0 Å². The minimum absolute atomic E-state index is 0.0971. The van der Waals surface area contributed by atoms with E-state index in [1.165, 1.54) is 17.1 Å². The fourth-order valence-corrected chi connectivity index (χ4v) is 2.10. The maximum absolute atomic E-state index is 11.7. The summed E-state index contributed by atoms with van der Waals surface area (Å²) < 4.78 is 27.1. The quantitative estimate of drug-likeness (QED) is 0.787. The molecule has 0 aliphatic heterocycles. The molecule has 0 spiro atoms. The summed E-state index contributed by atoms with van der Waals surface area (Å²) in [5, 5.41) is 6.28. The van der Waals surface area contributed by atoms with E-state index in [0.717, 1.165) is 12.8 Å². The number of sulfonamides is 1. The SMILES string of the molecule is CC(C)S(=O)(=O)Nc1cnn(CC(=O)NC2CC2)c1. The molecule has 1 fully saturated rings. The minimum Gasteiger partial charge on any atom is -0.352 e. The van der Waals surface area contributed by atoms with Gasteiger partial charge in [0.05, 0.1) is 17.1 Å². The second-order valence-corrected chi connectivity index (χ2v) is 7.20. The highest BCUT2D eigenvalue weighted by molar-refractivity contribution is 7.93. The van der Waals surface area contributed by atoms with Crippen LogP contribution < -0.4 is 10.0 Å². The molecule has 0 unspecified atom stereocenters. The monoisotopic (exact) mass is 286 g/mol. The van der Waals surface area contributed by atoms with Crippen LogP contribution in [0.2, 0.25) is 0 Å². The predicted octanol–water partition coefficient (Wildman–Crippen LogP) is 0.312. The molecule has 1 aliphatic carbocycles. The van der Waals surface area contributed by atoms with Crippen molar-refractivity contribution in [3.63, 3.8) is 0 Å². The van der Waals surface area contributed by atoms with Crippen LogP contribution in [0.15, 0.2) is 12.4 Å². The number of amides is 1. The van der Waals surface area contributed by atoms with Crippen LogP contribution in [0.3, 0.4) is 0 Å². The predicted molar refractivity (Wildman–Crippen MR) is 71.1 cm³/mol. The number of aromatic nitrogens is 2. The van der Waals surface area contributed by atoms with Crippen molar-refractivity contribution < 1.29 is 13.2 Å². The molecule has 1 aromatic heterocycles. The van der Waals surface area contributed by atoms with E-state index < -0.39 is 15.3 Å². The van der Waals surface area contributed by atoms with Crippen molar-refractivity contribution >= 4 is 21.6 Å². The first-order valence-electron chi connectivity index (χ1n) is 6.20. The summed E-state index contributed by atoms with van der Waals surface area (Å²) >= 11 is 0. The normalized spacial score (nSPS) is 15.5. The lowest BCUT2D eigenvalue weighted by atomic mass is 10.5. The van der Waals surface area contributed by atoms with Gasteiger partial charge in [0.25, 0.3) is 0 Å². The number of nitrogens with zero attached hydrogens (tertiary/aromatic N) is 2. The molecule has 106 valence electrons. The number of hydrogen-bond acceptors (Lipinski definition) is 4. The molecule has 1 aliphatic rings. The third-order valence-corrected chi connectivity index (χ3v) is 4.52. The van der Waals surface area contributed by atoms with Crippen LogP contribution in [0, 0.1) is 0 Å². The van der Waals surface area contributed by atoms with Gasteiger partial charge >= 0.3 is 0 Å². The topological polar surface area (TPSA) is 93.1 Å². The van der Waals surface area contributed by atoms with E-state index in [-0.39, 0.29) is 12.5 Å². The molecule has 8 heteroatoms. The van der Waals surface area contributed by atoms with E-state index in [9.17, 15) is 13.2 Å². The Morgan fingerprint density at radius 3 is 2.79 bits per heavy atom. The lowest BCUT2D eigenvalue weighted by Crippen LogP contribution is -2.29. The van der Waals surface area contributed by atoms with Crippen LogP contribution in [-0.2, 0) is 21.4 Å². The molecule has 2 N–H and O–H groups in total. The first kappa shape index (κ1) is 13.9. The fourth-order valence-electron chi connectivity index (χ4n) is 1.43. The number of anilines is 1. The van der Waals surface area contributed by atoms with Gasteiger partial charge in [-0.05, 0) is 26.7 Å². The van der Waals surface area contributed by atoms with E-state index in [1.54, 1.807) is 13.8 Å². The molecular weight excluding hydrogens is 268 g/mol. The van der Waals surface area contributed by atoms with Crippen molar-refractivity contribution in [3.05, 3.63) is 12.4 Å². The van der Waals surface area contributed by atoms with Gasteiger partial charge in [0.2, 0.25) is 15.9 Å². The highest BCUT2D eigenvalue weighted by Gasteiger charge is 2.23. The van der Waals surface area contributed by atoms with E-state index in [2.05, 4.69) is 15.1 Å². The number of carbonyl (C=O) groups excluding carboxylic acids is 1. The molecule has 0 atom stereocenters. The van der Waals surface area contributed by atoms with Crippen LogP contribution in [0.5, 0.6) is 0 Å². The Morgan fingerprint density at radius 2 is 2.21 bits per heavy atom. The van der Waals surface area contributed by atoms with Crippen LogP contribution in [0.25, 0.3) is 0 Å². The molecule has 1 heterocycles. The van der Waals surface area contributed by atoms with Gasteiger partial charge < -0.3 is 5.32 Å². The molecular formula is C11H18N4O3S. The number of nitrogens with one attached hydrogen (secondary N) is 2. The molecule has 0 saturated heterocycles. The highest BCUT2D eigenvalue weighted by atomic mass is 32.2. The summed E-state index contributed by atoms with van der Waals surface area (Å²) in [6.45, 7) is 3.28. The van der Waals surface area contributed by atoms with E-state index >= 15 is 0 Å². The zero-order valence-corrected chi connectivity index (χ0v) is 11.8. The van der Waals surface area contributed by atoms with Crippen molar-refractivity contribution in [3.8, 4) is 0 Å². The van der Waals surface area contributed by atoms with Gasteiger partial charge in [-0.25, -0.2) is 8.42 Å². The van der Waals surface area contributed by atoms with Gasteiger partial charge in [0.1, 0.15) is 6.54 Å². The molecule has 7 nitrogen and oxygen atoms in total. The van der Waals surface area contributed by atoms with Crippen molar-refractivity contribution in [2.24, 2.45) is 0 Å². The second-order valence-electron chi connectivity index (χ2n) is 4.96. The Morgan fingerprint density at radius 1 is 1.53 bits per heavy atom. The standard InChI is InChI=1S/C11H18N4O3S/c1-8(2)19(17,18)14-10-5-12-15(6-10)7-11(16)13-9-3-4-9/h5-6,8-9,14H,3-4,7H2,1-2H3,(H,13,16). The Kier molecular flexibility index (Phi) is 3.79. The summed E-state index contributed by atoms with van der Waals surface area (Å²) in [5.41, 5.74) is 0.368. The largest absolute Gasteiger partial charge is 0.352 e. The summed E-state index contributed by atoms with van der Waals surface area (Å²) in [6, 6.07) is 0.307. The summed E-state index contributed by atoms with van der Waals surface area (Å²) in [6.07, 6.45) is 4.96. The molecule has 0 aromatic carbocycles. The highest BCUT2D eigenvalue weighted by Crippen LogP contribution is 2.18. The lowest BCUT2D eigenvalue weighted by molar-refractivity contribution is -0.122. The smallest absolute Gasteiger partial charge is 0.241 e. The maximum Gasteiger partial charge on any atom is 0.241 e. The maximum atomic E-state index is 11.7. The van der Waals surface area contributed by atoms with Gasteiger partial charge in [-0.1, -0.05) is 0 Å². The fraction of sp³-hybridized carbons (Fsp3) is 0.636. The van der Waals surface area contributed by atoms with Crippen LogP contribution >= 0.6 is 0 Å². The van der Waals surface area contributed by atoms with Crippen molar-refractivity contribution in [2.75, 3.05) is 4.72 Å². The van der Waals surface area contributed by atoms with Gasteiger partial charge in [-0.3, -0.25) is 14.2 Å². The number of rotatable bonds is 6. The lowest BCUT2D eigenvalue weighted by Gasteiger charge is -2.08. The second kappa shape index (κ2) is 5.20. The van der Waals surface area contributed by atoms with Crippen molar-refractivity contribution in [1.29, 1.82) is 0 Å². The van der Waals surface area contributed by atoms with Crippen LogP contribution in [-0.4, -0.2) is 35.4 Å². The van der Waals surface area contributed by atoms with Gasteiger partial charge in [-0.2, -0.15) is 5.10 Å². The van der Waals surface area contributed by atoms with E-state index in [1.807, 2.05) is 0 Å². The Balaban J connectivity index is 1.93. The van der Waals surface area contributed by atoms with Crippen LogP contribution in [0.1, 0.15) is 26.7 Å². The Hall–Kier alpha value is -1.57. The third-order valence-electron chi connectivity index (χ3n) is 2.76. The summed E-state index contributed by atoms with van der Waals surface area (Å²) in [5.74, 6) is -0.108. The molecule has 2 rings (SSSR count). The van der Waals surface area contributed by atoms with Crippen molar-refractivity contribution in [2.45, 2.75) is 44.5 Å². The van der Waals surface area contributed by atoms with Crippen LogP contribution in [0.4, 0.5) is 5.69 Å². The number of hydrogen-bond donors (Lipinski definition) is 2. The molecule has 1 saturated carbocycles. The zero-order valence-electron chi connectivity index (χ0n) is 11.0. The molecule has 1 amide bonds. The molecule has 1 aromatic rings. The van der Waals surface area contributed by atoms with Gasteiger partial charge in [0.15, 0.2) is 0 Å².